The molecule has 0 amide bonds. The lowest BCUT2D eigenvalue weighted by atomic mass is 9.66. The SMILES string of the molecule is NC1(c2c(F)cccc2F)CCCCC1c1ccccc1. The fourth-order valence-corrected chi connectivity index (χ4v) is 3.59. The molecule has 0 heterocycles. The topological polar surface area (TPSA) is 26.0 Å². The van der Waals surface area contributed by atoms with Gasteiger partial charge in [0, 0.05) is 11.5 Å². The van der Waals surface area contributed by atoms with Gasteiger partial charge in [0.1, 0.15) is 11.6 Å². The monoisotopic (exact) mass is 287 g/mol. The van der Waals surface area contributed by atoms with Crippen LogP contribution in [0.1, 0.15) is 42.7 Å². The minimum Gasteiger partial charge on any atom is -0.321 e. The third-order valence-corrected chi connectivity index (χ3v) is 4.59. The van der Waals surface area contributed by atoms with Gasteiger partial charge in [-0.3, -0.25) is 0 Å². The zero-order valence-corrected chi connectivity index (χ0v) is 11.9. The van der Waals surface area contributed by atoms with Gasteiger partial charge in [-0.15, -0.1) is 0 Å². The van der Waals surface area contributed by atoms with Crippen molar-refractivity contribution in [1.82, 2.24) is 0 Å². The summed E-state index contributed by atoms with van der Waals surface area (Å²) in [4.78, 5) is 0. The number of benzene rings is 2. The summed E-state index contributed by atoms with van der Waals surface area (Å²) in [5, 5.41) is 0. The number of halogens is 2. The van der Waals surface area contributed by atoms with Crippen molar-refractivity contribution in [3.63, 3.8) is 0 Å². The third-order valence-electron chi connectivity index (χ3n) is 4.59. The molecule has 2 aromatic rings. The fourth-order valence-electron chi connectivity index (χ4n) is 3.59. The van der Waals surface area contributed by atoms with Crippen LogP contribution in [0.4, 0.5) is 8.78 Å². The Kier molecular flexibility index (Phi) is 3.77. The molecule has 2 unspecified atom stereocenters. The van der Waals surface area contributed by atoms with E-state index in [2.05, 4.69) is 0 Å². The van der Waals surface area contributed by atoms with Gasteiger partial charge in [-0.25, -0.2) is 8.78 Å². The molecule has 2 atom stereocenters. The molecular formula is C18H19F2N. The van der Waals surface area contributed by atoms with Gasteiger partial charge in [-0.1, -0.05) is 49.2 Å². The summed E-state index contributed by atoms with van der Waals surface area (Å²) < 4.78 is 28.5. The predicted octanol–water partition coefficient (Wildman–Crippen LogP) is 4.48. The van der Waals surface area contributed by atoms with E-state index < -0.39 is 17.2 Å². The van der Waals surface area contributed by atoms with Crippen molar-refractivity contribution in [2.75, 3.05) is 0 Å². The molecular weight excluding hydrogens is 268 g/mol. The Hall–Kier alpha value is -1.74. The lowest BCUT2D eigenvalue weighted by Gasteiger charge is -2.42. The van der Waals surface area contributed by atoms with Crippen LogP contribution in [0.5, 0.6) is 0 Å². The minimum atomic E-state index is -0.977. The van der Waals surface area contributed by atoms with Crippen molar-refractivity contribution in [1.29, 1.82) is 0 Å². The van der Waals surface area contributed by atoms with Crippen molar-refractivity contribution >= 4 is 0 Å². The normalized spacial score (nSPS) is 25.8. The molecule has 1 fully saturated rings. The van der Waals surface area contributed by atoms with Crippen LogP contribution in [0.25, 0.3) is 0 Å². The van der Waals surface area contributed by atoms with Crippen LogP contribution in [0.3, 0.4) is 0 Å². The van der Waals surface area contributed by atoms with E-state index in [1.807, 2.05) is 30.3 Å². The van der Waals surface area contributed by atoms with Crippen LogP contribution < -0.4 is 5.73 Å². The zero-order valence-electron chi connectivity index (χ0n) is 11.9. The number of hydrogen-bond acceptors (Lipinski definition) is 1. The molecule has 0 bridgehead atoms. The van der Waals surface area contributed by atoms with E-state index in [0.29, 0.717) is 6.42 Å². The highest BCUT2D eigenvalue weighted by atomic mass is 19.1. The highest BCUT2D eigenvalue weighted by molar-refractivity contribution is 5.35. The second kappa shape index (κ2) is 5.57. The van der Waals surface area contributed by atoms with E-state index in [1.165, 1.54) is 18.2 Å². The predicted molar refractivity (Wildman–Crippen MR) is 79.9 cm³/mol. The molecule has 3 heteroatoms. The molecule has 0 radical (unpaired) electrons. The molecule has 1 nitrogen and oxygen atoms in total. The molecule has 0 saturated heterocycles. The Morgan fingerprint density at radius 2 is 1.57 bits per heavy atom. The van der Waals surface area contributed by atoms with E-state index in [4.69, 9.17) is 5.73 Å². The van der Waals surface area contributed by atoms with E-state index in [-0.39, 0.29) is 11.5 Å². The van der Waals surface area contributed by atoms with Gasteiger partial charge in [0.05, 0.1) is 5.54 Å². The van der Waals surface area contributed by atoms with E-state index in [9.17, 15) is 8.78 Å². The summed E-state index contributed by atoms with van der Waals surface area (Å²) in [5.74, 6) is -1.14. The Morgan fingerprint density at radius 1 is 0.905 bits per heavy atom. The van der Waals surface area contributed by atoms with E-state index in [0.717, 1.165) is 24.8 Å². The maximum atomic E-state index is 14.2. The Morgan fingerprint density at radius 3 is 2.24 bits per heavy atom. The van der Waals surface area contributed by atoms with Gasteiger partial charge >= 0.3 is 0 Å². The van der Waals surface area contributed by atoms with Crippen LogP contribution in [0, 0.1) is 11.6 Å². The summed E-state index contributed by atoms with van der Waals surface area (Å²) in [6, 6.07) is 13.8. The average molecular weight is 287 g/mol. The molecule has 1 aliphatic rings. The van der Waals surface area contributed by atoms with Crippen LogP contribution in [-0.4, -0.2) is 0 Å². The van der Waals surface area contributed by atoms with Crippen LogP contribution >= 0.6 is 0 Å². The van der Waals surface area contributed by atoms with Gasteiger partial charge in [-0.2, -0.15) is 0 Å². The summed E-state index contributed by atoms with van der Waals surface area (Å²) in [5.41, 5.74) is 6.70. The second-order valence-corrected chi connectivity index (χ2v) is 5.85. The first-order valence-corrected chi connectivity index (χ1v) is 7.41. The summed E-state index contributed by atoms with van der Waals surface area (Å²) in [7, 11) is 0. The molecule has 2 N–H and O–H groups in total. The van der Waals surface area contributed by atoms with Gasteiger partial charge in [-0.05, 0) is 30.5 Å². The quantitative estimate of drug-likeness (QED) is 0.866. The van der Waals surface area contributed by atoms with Crippen molar-refractivity contribution in [2.45, 2.75) is 37.1 Å². The van der Waals surface area contributed by atoms with Crippen LogP contribution in [0.2, 0.25) is 0 Å². The van der Waals surface area contributed by atoms with Crippen molar-refractivity contribution in [2.24, 2.45) is 5.73 Å². The van der Waals surface area contributed by atoms with Crippen molar-refractivity contribution in [3.8, 4) is 0 Å². The molecule has 0 aliphatic heterocycles. The standard InChI is InChI=1S/C18H19F2N/c19-15-10-6-11-16(20)17(15)18(21)12-5-4-9-14(18)13-7-2-1-3-8-13/h1-3,6-8,10-11,14H,4-5,9,12,21H2. The van der Waals surface area contributed by atoms with Gasteiger partial charge in [0.15, 0.2) is 0 Å². The van der Waals surface area contributed by atoms with Crippen molar-refractivity contribution in [3.05, 3.63) is 71.3 Å². The molecule has 110 valence electrons. The summed E-state index contributed by atoms with van der Waals surface area (Å²) >= 11 is 0. The molecule has 2 aromatic carbocycles. The van der Waals surface area contributed by atoms with E-state index in [1.54, 1.807) is 0 Å². The molecule has 1 saturated carbocycles. The minimum absolute atomic E-state index is 0.0403. The molecule has 0 spiro atoms. The van der Waals surface area contributed by atoms with E-state index >= 15 is 0 Å². The number of hydrogen-bond donors (Lipinski definition) is 1. The first kappa shape index (κ1) is 14.2. The first-order valence-electron chi connectivity index (χ1n) is 7.41. The molecule has 1 aliphatic carbocycles. The fraction of sp³-hybridized carbons (Fsp3) is 0.333. The van der Waals surface area contributed by atoms with Crippen molar-refractivity contribution < 1.29 is 8.78 Å². The first-order chi connectivity index (χ1) is 10.1. The zero-order chi connectivity index (χ0) is 14.9. The highest BCUT2D eigenvalue weighted by Crippen LogP contribution is 2.46. The Labute approximate surface area is 123 Å². The summed E-state index contributed by atoms with van der Waals surface area (Å²) in [6.07, 6.45) is 3.39. The molecule has 21 heavy (non-hydrogen) atoms. The third kappa shape index (κ3) is 2.46. The highest BCUT2D eigenvalue weighted by Gasteiger charge is 2.42. The average Bonchev–Trinajstić information content (AvgIpc) is 2.48. The van der Waals surface area contributed by atoms with Gasteiger partial charge < -0.3 is 5.73 Å². The Balaban J connectivity index is 2.12. The molecule has 0 aromatic heterocycles. The largest absolute Gasteiger partial charge is 0.321 e. The van der Waals surface area contributed by atoms with Gasteiger partial charge in [0.2, 0.25) is 0 Å². The van der Waals surface area contributed by atoms with Crippen LogP contribution in [-0.2, 0) is 5.54 Å². The molecule has 3 rings (SSSR count). The lowest BCUT2D eigenvalue weighted by molar-refractivity contribution is 0.239. The van der Waals surface area contributed by atoms with Gasteiger partial charge in [0.25, 0.3) is 0 Å². The number of nitrogens with two attached hydrogens (primary N) is 1. The van der Waals surface area contributed by atoms with Crippen LogP contribution in [0.15, 0.2) is 48.5 Å². The lowest BCUT2D eigenvalue weighted by Crippen LogP contribution is -2.46. The Bertz CT molecular complexity index is 606. The smallest absolute Gasteiger partial charge is 0.131 e. The maximum absolute atomic E-state index is 14.2. The maximum Gasteiger partial charge on any atom is 0.131 e. The second-order valence-electron chi connectivity index (χ2n) is 5.85. The summed E-state index contributed by atoms with van der Waals surface area (Å²) in [6.45, 7) is 0. The number of rotatable bonds is 2.